The molecule has 2 heterocycles. The molecule has 0 N–H and O–H groups in total. The van der Waals surface area contributed by atoms with Gasteiger partial charge in [-0.25, -0.2) is 10.0 Å². The summed E-state index contributed by atoms with van der Waals surface area (Å²) in [6.07, 6.45) is 20.2. The SMILES string of the molecule is C1=C[N+]2(N(c3ccc(OC4CCCCC4)cc3)C3CCC3)C=NC=C2C=N1. The van der Waals surface area contributed by atoms with Gasteiger partial charge in [-0.05, 0) is 69.2 Å². The Hall–Kier alpha value is -2.40. The Morgan fingerprint density at radius 3 is 2.48 bits per heavy atom. The van der Waals surface area contributed by atoms with E-state index in [9.17, 15) is 0 Å². The van der Waals surface area contributed by atoms with Crippen LogP contribution >= 0.6 is 0 Å². The van der Waals surface area contributed by atoms with Crippen molar-refractivity contribution in [2.45, 2.75) is 63.5 Å². The van der Waals surface area contributed by atoms with Crippen LogP contribution in [0.2, 0.25) is 0 Å². The van der Waals surface area contributed by atoms with Crippen molar-refractivity contribution in [2.24, 2.45) is 9.98 Å². The van der Waals surface area contributed by atoms with Crippen LogP contribution in [0.15, 0.2) is 58.5 Å². The molecule has 5 rings (SSSR count). The number of ether oxygens (including phenoxy) is 1. The van der Waals surface area contributed by atoms with Crippen LogP contribution in [-0.2, 0) is 0 Å². The van der Waals surface area contributed by atoms with Crippen molar-refractivity contribution in [3.05, 3.63) is 48.6 Å². The summed E-state index contributed by atoms with van der Waals surface area (Å²) in [5, 5.41) is 2.47. The number of fused-ring (bicyclic) bond motifs is 1. The van der Waals surface area contributed by atoms with Crippen LogP contribution in [0, 0.1) is 0 Å². The molecule has 5 heteroatoms. The van der Waals surface area contributed by atoms with Crippen LogP contribution in [0.5, 0.6) is 5.75 Å². The molecule has 0 amide bonds. The van der Waals surface area contributed by atoms with Crippen LogP contribution < -0.4 is 9.75 Å². The first-order valence-electron chi connectivity index (χ1n) is 10.3. The van der Waals surface area contributed by atoms with Gasteiger partial charge in [-0.1, -0.05) is 6.42 Å². The van der Waals surface area contributed by atoms with Gasteiger partial charge in [0.2, 0.25) is 12.0 Å². The highest BCUT2D eigenvalue weighted by Gasteiger charge is 2.46. The van der Waals surface area contributed by atoms with E-state index >= 15 is 0 Å². The summed E-state index contributed by atoms with van der Waals surface area (Å²) in [5.41, 5.74) is 2.29. The maximum atomic E-state index is 6.22. The number of nitrogens with zero attached hydrogens (tertiary/aromatic N) is 4. The molecule has 1 unspecified atom stereocenters. The highest BCUT2D eigenvalue weighted by atomic mass is 16.5. The Balaban J connectivity index is 1.41. The Labute approximate surface area is 160 Å². The molecule has 0 aromatic heterocycles. The summed E-state index contributed by atoms with van der Waals surface area (Å²) in [5.74, 6) is 0.987. The Morgan fingerprint density at radius 2 is 1.74 bits per heavy atom. The summed E-state index contributed by atoms with van der Waals surface area (Å²) in [6, 6.07) is 9.18. The number of quaternary nitrogens is 1. The van der Waals surface area contributed by atoms with Crippen molar-refractivity contribution < 1.29 is 9.33 Å². The number of hydrogen-bond donors (Lipinski definition) is 0. The van der Waals surface area contributed by atoms with Crippen LogP contribution in [0.25, 0.3) is 0 Å². The van der Waals surface area contributed by atoms with Gasteiger partial charge in [0.05, 0.1) is 36.4 Å². The zero-order valence-corrected chi connectivity index (χ0v) is 15.7. The second-order valence-corrected chi connectivity index (χ2v) is 7.93. The van der Waals surface area contributed by atoms with Crippen LogP contribution in [-0.4, -0.2) is 29.3 Å². The molecular weight excluding hydrogens is 336 g/mol. The maximum absolute atomic E-state index is 6.22. The van der Waals surface area contributed by atoms with Gasteiger partial charge in [-0.15, -0.1) is 4.59 Å². The molecule has 2 fully saturated rings. The fourth-order valence-corrected chi connectivity index (χ4v) is 4.49. The third-order valence-corrected chi connectivity index (χ3v) is 6.18. The third kappa shape index (κ3) is 3.00. The zero-order chi connectivity index (χ0) is 18.1. The van der Waals surface area contributed by atoms with E-state index in [-0.39, 0.29) is 0 Å². The lowest BCUT2D eigenvalue weighted by atomic mass is 9.91. The monoisotopic (exact) mass is 363 g/mol. The van der Waals surface area contributed by atoms with Gasteiger partial charge in [0, 0.05) is 0 Å². The van der Waals surface area contributed by atoms with E-state index in [0.29, 0.717) is 16.7 Å². The summed E-state index contributed by atoms with van der Waals surface area (Å²) >= 11 is 0. The average Bonchev–Trinajstić information content (AvgIpc) is 3.11. The standard InChI is InChI=1S/C22H27N4O/c1-2-7-21(8-3-1)27-22-11-9-19(10-12-22)25(18-5-4-6-18)26-14-13-23-15-20(26)16-24-17-26/h9-18,21H,1-8H2/q+1. The van der Waals surface area contributed by atoms with Gasteiger partial charge < -0.3 is 4.74 Å². The van der Waals surface area contributed by atoms with Gasteiger partial charge in [-0.2, -0.15) is 0 Å². The lowest BCUT2D eigenvalue weighted by Gasteiger charge is -2.46. The van der Waals surface area contributed by atoms with E-state index in [4.69, 9.17) is 4.74 Å². The fourth-order valence-electron chi connectivity index (χ4n) is 4.49. The normalized spacial score (nSPS) is 27.2. The zero-order valence-electron chi connectivity index (χ0n) is 15.7. The number of benzene rings is 1. The van der Waals surface area contributed by atoms with Crippen molar-refractivity contribution >= 4 is 18.2 Å². The molecule has 2 saturated carbocycles. The molecule has 0 spiro atoms. The predicted molar refractivity (Wildman–Crippen MR) is 109 cm³/mol. The Morgan fingerprint density at radius 1 is 0.926 bits per heavy atom. The topological polar surface area (TPSA) is 37.2 Å². The van der Waals surface area contributed by atoms with Crippen molar-refractivity contribution in [3.8, 4) is 5.75 Å². The smallest absolute Gasteiger partial charge is 0.225 e. The molecule has 5 nitrogen and oxygen atoms in total. The van der Waals surface area contributed by atoms with Crippen molar-refractivity contribution in [3.63, 3.8) is 0 Å². The predicted octanol–water partition coefficient (Wildman–Crippen LogP) is 4.93. The van der Waals surface area contributed by atoms with E-state index < -0.39 is 0 Å². The molecule has 140 valence electrons. The van der Waals surface area contributed by atoms with Gasteiger partial charge in [0.25, 0.3) is 0 Å². The van der Waals surface area contributed by atoms with E-state index in [0.717, 1.165) is 11.4 Å². The highest BCUT2D eigenvalue weighted by Crippen LogP contribution is 2.39. The van der Waals surface area contributed by atoms with Gasteiger partial charge in [-0.3, -0.25) is 4.99 Å². The number of aliphatic imine (C=N–C) groups is 2. The molecule has 27 heavy (non-hydrogen) atoms. The largest absolute Gasteiger partial charge is 0.490 e. The van der Waals surface area contributed by atoms with Crippen LogP contribution in [0.4, 0.5) is 5.69 Å². The maximum Gasteiger partial charge on any atom is 0.225 e. The number of anilines is 1. The van der Waals surface area contributed by atoms with Crippen molar-refractivity contribution in [1.82, 2.24) is 0 Å². The summed E-state index contributed by atoms with van der Waals surface area (Å²) < 4.78 is 6.74. The van der Waals surface area contributed by atoms with Gasteiger partial charge in [0.1, 0.15) is 5.75 Å². The molecule has 4 aliphatic rings. The fraction of sp³-hybridized carbons (Fsp3) is 0.455. The first-order valence-corrected chi connectivity index (χ1v) is 10.3. The van der Waals surface area contributed by atoms with Crippen molar-refractivity contribution in [1.29, 1.82) is 0 Å². The Kier molecular flexibility index (Phi) is 4.32. The quantitative estimate of drug-likeness (QED) is 0.696. The second kappa shape index (κ2) is 6.97. The van der Waals surface area contributed by atoms with Crippen LogP contribution in [0.3, 0.4) is 0 Å². The minimum atomic E-state index is 0.385. The first kappa shape index (κ1) is 16.8. The number of hydrogen-bond acceptors (Lipinski definition) is 4. The molecule has 0 radical (unpaired) electrons. The minimum absolute atomic E-state index is 0.385. The van der Waals surface area contributed by atoms with Crippen LogP contribution in [0.1, 0.15) is 51.4 Å². The lowest BCUT2D eigenvalue weighted by Crippen LogP contribution is -2.61. The van der Waals surface area contributed by atoms with Gasteiger partial charge in [0.15, 0.2) is 6.20 Å². The molecule has 2 aliphatic heterocycles. The summed E-state index contributed by atoms with van der Waals surface area (Å²) in [6.45, 7) is 0. The van der Waals surface area contributed by atoms with E-state index in [1.54, 1.807) is 0 Å². The number of allylic oxidation sites excluding steroid dienone is 1. The second-order valence-electron chi connectivity index (χ2n) is 7.93. The molecule has 2 aliphatic carbocycles. The average molecular weight is 363 g/mol. The van der Waals surface area contributed by atoms with Gasteiger partial charge >= 0.3 is 0 Å². The molecular formula is C22H27N4O+. The molecule has 1 aromatic rings. The Bertz CT molecular complexity index is 800. The molecule has 0 bridgehead atoms. The molecule has 0 saturated heterocycles. The molecule has 1 aromatic carbocycles. The van der Waals surface area contributed by atoms with E-state index in [2.05, 4.69) is 45.5 Å². The van der Waals surface area contributed by atoms with E-state index in [1.165, 1.54) is 57.1 Å². The first-order chi connectivity index (χ1) is 13.4. The lowest BCUT2D eigenvalue weighted by molar-refractivity contribution is -0.746. The third-order valence-electron chi connectivity index (χ3n) is 6.18. The summed E-state index contributed by atoms with van der Waals surface area (Å²) in [7, 11) is 0. The van der Waals surface area contributed by atoms with E-state index in [1.807, 2.05) is 25.0 Å². The highest BCUT2D eigenvalue weighted by molar-refractivity contribution is 5.82. The summed E-state index contributed by atoms with van der Waals surface area (Å²) in [4.78, 5) is 8.77. The van der Waals surface area contributed by atoms with Crippen molar-refractivity contribution in [2.75, 3.05) is 5.01 Å². The molecule has 1 atom stereocenters. The minimum Gasteiger partial charge on any atom is -0.490 e. The number of rotatable bonds is 5.